The molecular formula is C9H12O3S2. The monoisotopic (exact) mass is 232 g/mol. The van der Waals surface area contributed by atoms with E-state index in [-0.39, 0.29) is 10.7 Å². The summed E-state index contributed by atoms with van der Waals surface area (Å²) < 4.78 is 23.3. The third-order valence-electron chi connectivity index (χ3n) is 1.87. The molecule has 1 aromatic rings. The van der Waals surface area contributed by atoms with Crippen LogP contribution in [-0.2, 0) is 9.84 Å². The summed E-state index contributed by atoms with van der Waals surface area (Å²) in [4.78, 5) is 11.7. The van der Waals surface area contributed by atoms with Crippen LogP contribution in [0.3, 0.4) is 0 Å². The molecule has 0 aliphatic heterocycles. The molecule has 0 bridgehead atoms. The number of ketones is 1. The summed E-state index contributed by atoms with van der Waals surface area (Å²) in [5, 5.41) is 1.07. The fourth-order valence-corrected chi connectivity index (χ4v) is 3.18. The first-order chi connectivity index (χ1) is 6.35. The van der Waals surface area contributed by atoms with Gasteiger partial charge in [-0.2, -0.15) is 0 Å². The van der Waals surface area contributed by atoms with E-state index in [4.69, 9.17) is 0 Å². The number of hydrogen-bond donors (Lipinski definition) is 0. The Balaban J connectivity index is 3.16. The van der Waals surface area contributed by atoms with E-state index in [1.165, 1.54) is 29.7 Å². The molecule has 1 rings (SSSR count). The summed E-state index contributed by atoms with van der Waals surface area (Å²) in [5.41, 5.74) is 0. The largest absolute Gasteiger partial charge is 0.294 e. The van der Waals surface area contributed by atoms with Gasteiger partial charge in [-0.3, -0.25) is 4.79 Å². The van der Waals surface area contributed by atoms with Crippen molar-refractivity contribution in [2.75, 3.05) is 0 Å². The topological polar surface area (TPSA) is 51.2 Å². The number of sulfone groups is 1. The van der Waals surface area contributed by atoms with Crippen molar-refractivity contribution in [3.8, 4) is 0 Å². The van der Waals surface area contributed by atoms with E-state index >= 15 is 0 Å². The molecule has 0 fully saturated rings. The molecule has 78 valence electrons. The van der Waals surface area contributed by atoms with Crippen molar-refractivity contribution in [3.05, 3.63) is 16.3 Å². The number of hydrogen-bond acceptors (Lipinski definition) is 4. The first-order valence-electron chi connectivity index (χ1n) is 4.19. The third-order valence-corrected chi connectivity index (χ3v) is 5.19. The van der Waals surface area contributed by atoms with E-state index in [1.54, 1.807) is 13.8 Å². The zero-order valence-electron chi connectivity index (χ0n) is 8.27. The Morgan fingerprint density at radius 2 is 2.00 bits per heavy atom. The van der Waals surface area contributed by atoms with E-state index in [2.05, 4.69) is 0 Å². The van der Waals surface area contributed by atoms with E-state index in [1.807, 2.05) is 0 Å². The van der Waals surface area contributed by atoms with Crippen molar-refractivity contribution in [2.45, 2.75) is 30.9 Å². The molecule has 0 unspecified atom stereocenters. The van der Waals surface area contributed by atoms with Crippen LogP contribution >= 0.6 is 11.3 Å². The minimum Gasteiger partial charge on any atom is -0.294 e. The Labute approximate surface area is 87.7 Å². The average Bonchev–Trinajstić information content (AvgIpc) is 2.51. The van der Waals surface area contributed by atoms with E-state index in [0.29, 0.717) is 4.88 Å². The highest BCUT2D eigenvalue weighted by Gasteiger charge is 2.21. The van der Waals surface area contributed by atoms with Crippen molar-refractivity contribution in [1.29, 1.82) is 0 Å². The Hall–Kier alpha value is -0.680. The van der Waals surface area contributed by atoms with Crippen LogP contribution in [0.5, 0.6) is 0 Å². The van der Waals surface area contributed by atoms with Crippen LogP contribution < -0.4 is 0 Å². The minimum atomic E-state index is -3.23. The molecule has 14 heavy (non-hydrogen) atoms. The molecule has 0 saturated carbocycles. The Morgan fingerprint density at radius 1 is 1.43 bits per heavy atom. The fourth-order valence-electron chi connectivity index (χ4n) is 0.925. The standard InChI is InChI=1S/C9H12O3S2/c1-6(2)14(11,12)8-4-9(7(3)10)13-5-8/h4-6H,1-3H3. The second-order valence-corrected chi connectivity index (χ2v) is 6.71. The molecule has 3 nitrogen and oxygen atoms in total. The predicted molar refractivity (Wildman–Crippen MR) is 56.6 cm³/mol. The molecule has 0 saturated heterocycles. The molecule has 0 aromatic carbocycles. The van der Waals surface area contributed by atoms with E-state index in [0.717, 1.165) is 0 Å². The Kier molecular flexibility index (Phi) is 3.11. The predicted octanol–water partition coefficient (Wildman–Crippen LogP) is 2.13. The van der Waals surface area contributed by atoms with Gasteiger partial charge < -0.3 is 0 Å². The highest BCUT2D eigenvalue weighted by molar-refractivity contribution is 7.92. The Morgan fingerprint density at radius 3 is 2.36 bits per heavy atom. The molecule has 1 heterocycles. The summed E-state index contributed by atoms with van der Waals surface area (Å²) in [6.45, 7) is 4.68. The first kappa shape index (κ1) is 11.4. The lowest BCUT2D eigenvalue weighted by molar-refractivity contribution is 0.102. The second-order valence-electron chi connectivity index (χ2n) is 3.30. The summed E-state index contributed by atoms with van der Waals surface area (Å²) in [5.74, 6) is -0.0970. The van der Waals surface area contributed by atoms with Crippen LogP contribution in [0.4, 0.5) is 0 Å². The normalized spacial score (nSPS) is 12.0. The number of carbonyl (C=O) groups is 1. The van der Waals surface area contributed by atoms with Crippen molar-refractivity contribution in [3.63, 3.8) is 0 Å². The zero-order valence-corrected chi connectivity index (χ0v) is 9.91. The van der Waals surface area contributed by atoms with Gasteiger partial charge in [-0.15, -0.1) is 11.3 Å². The van der Waals surface area contributed by atoms with Crippen LogP contribution in [0.1, 0.15) is 30.4 Å². The third kappa shape index (κ3) is 2.04. The lowest BCUT2D eigenvalue weighted by Gasteiger charge is -2.03. The van der Waals surface area contributed by atoms with Crippen LogP contribution in [0.2, 0.25) is 0 Å². The van der Waals surface area contributed by atoms with E-state index < -0.39 is 15.1 Å². The maximum atomic E-state index is 11.7. The average molecular weight is 232 g/mol. The van der Waals surface area contributed by atoms with Gasteiger partial charge in [0.15, 0.2) is 15.6 Å². The van der Waals surface area contributed by atoms with E-state index in [9.17, 15) is 13.2 Å². The number of rotatable bonds is 3. The molecular weight excluding hydrogens is 220 g/mol. The quantitative estimate of drug-likeness (QED) is 0.750. The molecule has 0 N–H and O–H groups in total. The molecule has 5 heteroatoms. The number of carbonyl (C=O) groups excluding carboxylic acids is 1. The van der Waals surface area contributed by atoms with Crippen LogP contribution in [0, 0.1) is 0 Å². The van der Waals surface area contributed by atoms with Gasteiger partial charge in [-0.1, -0.05) is 0 Å². The van der Waals surface area contributed by atoms with Crippen molar-refractivity contribution in [1.82, 2.24) is 0 Å². The van der Waals surface area contributed by atoms with Gasteiger partial charge in [0.2, 0.25) is 0 Å². The van der Waals surface area contributed by atoms with Gasteiger partial charge in [0, 0.05) is 5.38 Å². The van der Waals surface area contributed by atoms with Gasteiger partial charge in [0.25, 0.3) is 0 Å². The number of Topliss-reactive ketones (excluding diaryl/α,β-unsaturated/α-hetero) is 1. The van der Waals surface area contributed by atoms with Crippen molar-refractivity contribution < 1.29 is 13.2 Å². The van der Waals surface area contributed by atoms with Crippen molar-refractivity contribution >= 4 is 27.0 Å². The molecule has 0 atom stereocenters. The maximum Gasteiger partial charge on any atom is 0.181 e. The Bertz CT molecular complexity index is 440. The number of thiophene rings is 1. The smallest absolute Gasteiger partial charge is 0.181 e. The molecule has 0 aliphatic carbocycles. The van der Waals surface area contributed by atoms with Crippen LogP contribution in [0.25, 0.3) is 0 Å². The highest BCUT2D eigenvalue weighted by Crippen LogP contribution is 2.23. The van der Waals surface area contributed by atoms with Crippen molar-refractivity contribution in [2.24, 2.45) is 0 Å². The second kappa shape index (κ2) is 3.82. The first-order valence-corrected chi connectivity index (χ1v) is 6.61. The fraction of sp³-hybridized carbons (Fsp3) is 0.444. The lowest BCUT2D eigenvalue weighted by atomic mass is 10.4. The molecule has 0 spiro atoms. The van der Waals surface area contributed by atoms with Gasteiger partial charge in [-0.05, 0) is 26.8 Å². The molecule has 0 amide bonds. The van der Waals surface area contributed by atoms with Gasteiger partial charge in [-0.25, -0.2) is 8.42 Å². The highest BCUT2D eigenvalue weighted by atomic mass is 32.2. The molecule has 1 aromatic heterocycles. The summed E-state index contributed by atoms with van der Waals surface area (Å²) in [6.07, 6.45) is 0. The lowest BCUT2D eigenvalue weighted by Crippen LogP contribution is -2.13. The molecule has 0 aliphatic rings. The van der Waals surface area contributed by atoms with Gasteiger partial charge >= 0.3 is 0 Å². The summed E-state index contributed by atoms with van der Waals surface area (Å²) in [6, 6.07) is 1.45. The zero-order chi connectivity index (χ0) is 10.9. The maximum absolute atomic E-state index is 11.7. The summed E-state index contributed by atoms with van der Waals surface area (Å²) in [7, 11) is -3.23. The SMILES string of the molecule is CC(=O)c1cc(S(=O)(=O)C(C)C)cs1. The molecule has 0 radical (unpaired) electrons. The minimum absolute atomic E-state index is 0.0970. The van der Waals surface area contributed by atoms with Crippen LogP contribution in [-0.4, -0.2) is 19.5 Å². The van der Waals surface area contributed by atoms with Gasteiger partial charge in [0.1, 0.15) is 0 Å². The van der Waals surface area contributed by atoms with Crippen LogP contribution in [0.15, 0.2) is 16.3 Å². The summed E-state index contributed by atoms with van der Waals surface area (Å²) >= 11 is 1.17. The van der Waals surface area contributed by atoms with Gasteiger partial charge in [0.05, 0.1) is 15.0 Å².